The number of aromatic hydroxyl groups is 2. The molecule has 30 heteroatoms. The van der Waals surface area contributed by atoms with E-state index in [1.807, 2.05) is 0 Å². The van der Waals surface area contributed by atoms with E-state index < -0.39 is 88.3 Å². The summed E-state index contributed by atoms with van der Waals surface area (Å²) in [6.45, 7) is 6.40. The van der Waals surface area contributed by atoms with Gasteiger partial charge in [-0.25, -0.2) is 18.6 Å². The molecular formula is C66H70Cl2O27S. The lowest BCUT2D eigenvalue weighted by atomic mass is 9.98. The number of aromatic carboxylic acids is 1. The number of carbonyl (C=O) groups is 10. The Morgan fingerprint density at radius 3 is 1.21 bits per heavy atom. The lowest BCUT2D eigenvalue weighted by Crippen LogP contribution is -2.63. The highest BCUT2D eigenvalue weighted by Gasteiger charge is 2.53. The number of hydrogen-bond donors (Lipinski definition) is 4. The molecule has 2 saturated heterocycles. The van der Waals surface area contributed by atoms with Crippen LogP contribution in [0.1, 0.15) is 119 Å². The van der Waals surface area contributed by atoms with Crippen molar-refractivity contribution in [1.82, 2.24) is 0 Å². The molecule has 0 bridgehead atoms. The second-order valence-electron chi connectivity index (χ2n) is 19.3. The minimum Gasteiger partial charge on any atom is -0.507 e. The number of halogens is 2. The van der Waals surface area contributed by atoms with Gasteiger partial charge in [0.2, 0.25) is 21.6 Å². The smallest absolute Gasteiger partial charge is 0.337 e. The van der Waals surface area contributed by atoms with Gasteiger partial charge in [-0.15, -0.1) is 0 Å². The van der Waals surface area contributed by atoms with Crippen LogP contribution in [0.3, 0.4) is 0 Å². The van der Waals surface area contributed by atoms with Gasteiger partial charge in [-0.1, -0.05) is 54.6 Å². The molecule has 96 heavy (non-hydrogen) atoms. The Morgan fingerprint density at radius 2 is 0.865 bits per heavy atom. The molecule has 2 heterocycles. The second kappa shape index (κ2) is 43.1. The van der Waals surface area contributed by atoms with Crippen LogP contribution < -0.4 is 18.9 Å². The minimum absolute atomic E-state index is 0.0186. The Labute approximate surface area is 562 Å². The zero-order valence-electron chi connectivity index (χ0n) is 52.7. The molecular weight excluding hydrogens is 1330 g/mol. The number of phenols is 2. The lowest BCUT2D eigenvalue weighted by molar-refractivity contribution is -0.288. The predicted molar refractivity (Wildman–Crippen MR) is 341 cm³/mol. The van der Waals surface area contributed by atoms with Crippen LogP contribution >= 0.6 is 21.4 Å². The molecule has 4 N–H and O–H groups in total. The molecule has 27 nitrogen and oxygen atoms in total. The number of aliphatic hydroxyl groups excluding tert-OH is 1. The number of methoxy groups -OCH3 is 2. The third-order valence-electron chi connectivity index (χ3n) is 12.6. The zero-order valence-corrected chi connectivity index (χ0v) is 55.1. The lowest BCUT2D eigenvalue weighted by Gasteiger charge is -2.44. The number of carbonyl (C=O) groups excluding carboxylic acids is 9. The van der Waals surface area contributed by atoms with Gasteiger partial charge in [0, 0.05) is 69.4 Å². The highest BCUT2D eigenvalue weighted by molar-refractivity contribution is 8.26. The number of ether oxygens (including phenoxy) is 12. The third kappa shape index (κ3) is 27.5. The number of carboxylic acid groups (broad SMARTS) is 1. The second-order valence-corrected chi connectivity index (χ2v) is 21.9. The summed E-state index contributed by atoms with van der Waals surface area (Å²) >= 11 is 0. The Balaban J connectivity index is 0.000000380. The third-order valence-corrected chi connectivity index (χ3v) is 12.6. The standard InChI is InChI=1S/C30H32O14.C16H14O5.C15H12O5.C4H8O.CH4O.Cl2OS/c1-16(32)38-15-25-26(40-17(2)33)27(41-18(3)34)28(42-19(4)35)30(44-25)43-24-8-6-7-23(22(24)13-31)39-14-20-9-11-21(12-10-20)29(36)37-5;1-20-16(19)12-7-5-11(6-8-12)10-21-15-4-2-3-14(18)13(15)9-17;16-8-12-13(17)2-1-3-14(12)20-9-10-4-6-11(7-5-10)15(18)19;1-2-4-5-3-1;1-2;1-4(2)3/h6-13,25-28,30H,14-15H2,1-5H3;2-9,18H,10H2,1H3;1-8,17H,9H2,(H,18,19);1-4H2;2H,1H3;/t25-,26-,27+,28-,30?;;;;;/m1...../s1. The van der Waals surface area contributed by atoms with Crippen LogP contribution in [0.2, 0.25) is 0 Å². The number of esters is 6. The number of aldehydes is 3. The molecule has 2 fully saturated rings. The van der Waals surface area contributed by atoms with E-state index in [4.69, 9.17) is 61.8 Å². The number of aliphatic hydroxyl groups is 1. The van der Waals surface area contributed by atoms with Crippen molar-refractivity contribution >= 4 is 91.2 Å². The first-order valence-electron chi connectivity index (χ1n) is 28.3. The summed E-state index contributed by atoms with van der Waals surface area (Å²) in [4.78, 5) is 115. The average molecular weight is 1400 g/mol. The maximum absolute atomic E-state index is 12.2. The van der Waals surface area contributed by atoms with Crippen molar-refractivity contribution in [3.05, 3.63) is 177 Å². The molecule has 6 aromatic carbocycles. The first-order valence-corrected chi connectivity index (χ1v) is 31.1. The Kier molecular flexibility index (Phi) is 36.0. The molecule has 0 aromatic heterocycles. The van der Waals surface area contributed by atoms with Crippen LogP contribution in [-0.2, 0) is 86.1 Å². The van der Waals surface area contributed by atoms with Gasteiger partial charge in [-0.3, -0.25) is 33.6 Å². The first kappa shape index (κ1) is 80.3. The Morgan fingerprint density at radius 1 is 0.510 bits per heavy atom. The van der Waals surface area contributed by atoms with Gasteiger partial charge in [0.1, 0.15) is 67.0 Å². The van der Waals surface area contributed by atoms with E-state index in [1.165, 1.54) is 69.5 Å². The Hall–Kier alpha value is -9.97. The SMILES string of the molecule is C1CCOC1.CO.COC(=O)c1ccc(COc2cccc(O)c2C=O)cc1.COC(=O)c1ccc(COc2cccc(OC3O[C@H](COC(C)=O)[C@@H](OC(C)=O)[C@H](OC(C)=O)[C@H]3OC(C)=O)c2C=O)cc1.O=Cc1c(O)cccc1OCc1ccc(C(=O)O)cc1.O=S(Cl)Cl. The van der Waals surface area contributed by atoms with Crippen molar-refractivity contribution in [2.75, 3.05) is 41.2 Å². The van der Waals surface area contributed by atoms with Gasteiger partial charge in [-0.2, -0.15) is 0 Å². The Bertz CT molecular complexity index is 3530. The molecule has 8 rings (SSSR count). The molecule has 0 aliphatic carbocycles. The van der Waals surface area contributed by atoms with E-state index in [0.717, 1.165) is 59.1 Å². The van der Waals surface area contributed by atoms with E-state index in [9.17, 15) is 58.2 Å². The van der Waals surface area contributed by atoms with Crippen molar-refractivity contribution in [2.24, 2.45) is 0 Å². The van der Waals surface area contributed by atoms with E-state index in [-0.39, 0.29) is 70.8 Å². The molecule has 516 valence electrons. The van der Waals surface area contributed by atoms with Gasteiger partial charge in [0.15, 0.2) is 31.1 Å². The van der Waals surface area contributed by atoms with Crippen LogP contribution in [0.5, 0.6) is 34.5 Å². The number of benzene rings is 6. The number of rotatable bonds is 22. The highest BCUT2D eigenvalue weighted by Crippen LogP contribution is 2.35. The van der Waals surface area contributed by atoms with E-state index in [1.54, 1.807) is 84.9 Å². The van der Waals surface area contributed by atoms with Crippen LogP contribution in [-0.4, -0.2) is 157 Å². The summed E-state index contributed by atoms with van der Waals surface area (Å²) in [6.07, 6.45) is -2.99. The minimum atomic E-state index is -1.67. The molecule has 5 atom stereocenters. The number of phenolic OH excluding ortho intramolecular Hbond substituents is 2. The summed E-state index contributed by atoms with van der Waals surface area (Å²) < 4.78 is 73.3. The van der Waals surface area contributed by atoms with Gasteiger partial charge < -0.3 is 77.3 Å². The molecule has 0 saturated carbocycles. The fraction of sp³-hybridized carbons (Fsp3) is 0.303. The molecule has 1 unspecified atom stereocenters. The molecule has 2 aliphatic rings. The van der Waals surface area contributed by atoms with Crippen molar-refractivity contribution in [3.63, 3.8) is 0 Å². The number of carboxylic acids is 1. The van der Waals surface area contributed by atoms with Gasteiger partial charge in [0.25, 0.3) is 0 Å². The largest absolute Gasteiger partial charge is 0.507 e. The maximum Gasteiger partial charge on any atom is 0.337 e. The fourth-order valence-electron chi connectivity index (χ4n) is 8.28. The van der Waals surface area contributed by atoms with Crippen molar-refractivity contribution in [1.29, 1.82) is 0 Å². The van der Waals surface area contributed by atoms with E-state index >= 15 is 0 Å². The monoisotopic (exact) mass is 1400 g/mol. The van der Waals surface area contributed by atoms with Crippen LogP contribution in [0.4, 0.5) is 0 Å². The topological polar surface area (TPSA) is 379 Å². The van der Waals surface area contributed by atoms with Crippen molar-refractivity contribution in [2.45, 2.75) is 91.1 Å². The maximum atomic E-state index is 12.2. The van der Waals surface area contributed by atoms with Crippen LogP contribution in [0, 0.1) is 0 Å². The predicted octanol–water partition coefficient (Wildman–Crippen LogP) is 8.83. The highest BCUT2D eigenvalue weighted by atomic mass is 36.0. The average Bonchev–Trinajstić information content (AvgIpc) is 0.788. The summed E-state index contributed by atoms with van der Waals surface area (Å²) in [7, 11) is 11.0. The fourth-order valence-corrected chi connectivity index (χ4v) is 8.28. The molecule has 0 radical (unpaired) electrons. The normalized spacial score (nSPS) is 15.5. The summed E-state index contributed by atoms with van der Waals surface area (Å²) in [5.41, 5.74) is 3.43. The van der Waals surface area contributed by atoms with Crippen LogP contribution in [0.25, 0.3) is 0 Å². The first-order chi connectivity index (χ1) is 45.9. The van der Waals surface area contributed by atoms with E-state index in [2.05, 4.69) is 30.8 Å². The summed E-state index contributed by atoms with van der Waals surface area (Å²) in [6, 6.07) is 33.0. The van der Waals surface area contributed by atoms with Crippen molar-refractivity contribution in [3.8, 4) is 34.5 Å². The molecule has 0 amide bonds. The van der Waals surface area contributed by atoms with Crippen molar-refractivity contribution < 1.29 is 129 Å². The molecule has 2 aliphatic heterocycles. The summed E-state index contributed by atoms with van der Waals surface area (Å²) in [5, 5.41) is 34.8. The number of hydrogen-bond acceptors (Lipinski definition) is 26. The van der Waals surface area contributed by atoms with E-state index in [0.29, 0.717) is 41.3 Å². The van der Waals surface area contributed by atoms with Crippen LogP contribution in [0.15, 0.2) is 127 Å². The zero-order chi connectivity index (χ0) is 71.3. The van der Waals surface area contributed by atoms with Gasteiger partial charge in [0.05, 0.1) is 47.6 Å². The summed E-state index contributed by atoms with van der Waals surface area (Å²) in [5.74, 6) is -4.56. The molecule has 6 aromatic rings. The van der Waals surface area contributed by atoms with Gasteiger partial charge >= 0.3 is 41.8 Å². The molecule has 0 spiro atoms. The van der Waals surface area contributed by atoms with Gasteiger partial charge in [-0.05, 0) is 102 Å². The quantitative estimate of drug-likeness (QED) is 0.0213.